The van der Waals surface area contributed by atoms with E-state index in [2.05, 4.69) is 75.9 Å². The van der Waals surface area contributed by atoms with Crippen LogP contribution < -0.4 is 0 Å². The predicted molar refractivity (Wildman–Crippen MR) is 103 cm³/mol. The van der Waals surface area contributed by atoms with E-state index < -0.39 is 5.79 Å². The Morgan fingerprint density at radius 3 is 1.77 bits per heavy atom. The maximum atomic E-state index is 6.03. The molecule has 22 heavy (non-hydrogen) atoms. The molecule has 1 aliphatic heterocycles. The largest absolute Gasteiger partial charge is 0.344 e. The second kappa shape index (κ2) is 5.80. The molecule has 1 saturated heterocycles. The summed E-state index contributed by atoms with van der Waals surface area (Å²) in [4.78, 5) is 2.07. The van der Waals surface area contributed by atoms with E-state index in [1.54, 1.807) is 0 Å². The molecule has 0 aromatic carbocycles. The van der Waals surface area contributed by atoms with Crippen molar-refractivity contribution < 1.29 is 9.47 Å². The highest BCUT2D eigenvalue weighted by molar-refractivity contribution is 9.12. The Morgan fingerprint density at radius 1 is 0.727 bits per heavy atom. The van der Waals surface area contributed by atoms with Gasteiger partial charge in [-0.05, 0) is 42.6 Å². The second-order valence-electron chi connectivity index (χ2n) is 7.34. The Bertz CT molecular complexity index is 469. The van der Waals surface area contributed by atoms with Crippen LogP contribution in [0.2, 0.25) is 0 Å². The van der Waals surface area contributed by atoms with E-state index in [0.717, 1.165) is 6.42 Å². The minimum atomic E-state index is -0.471. The normalized spacial score (nSPS) is 53.3. The third kappa shape index (κ3) is 2.49. The summed E-state index contributed by atoms with van der Waals surface area (Å²) >= 11 is 15.7. The summed E-state index contributed by atoms with van der Waals surface area (Å²) in [6.45, 7) is 1.43. The zero-order valence-electron chi connectivity index (χ0n) is 12.2. The van der Waals surface area contributed by atoms with Crippen molar-refractivity contribution in [3.05, 3.63) is 12.2 Å². The van der Waals surface area contributed by atoms with Crippen molar-refractivity contribution >= 4 is 63.7 Å². The fourth-order valence-corrected chi connectivity index (χ4v) is 8.22. The molecule has 0 amide bonds. The zero-order chi connectivity index (χ0) is 15.6. The van der Waals surface area contributed by atoms with Crippen LogP contribution in [-0.2, 0) is 9.47 Å². The van der Waals surface area contributed by atoms with Gasteiger partial charge in [-0.1, -0.05) is 69.8 Å². The summed E-state index contributed by atoms with van der Waals surface area (Å²) < 4.78 is 12.1. The van der Waals surface area contributed by atoms with Crippen LogP contribution in [0.1, 0.15) is 32.1 Å². The van der Waals surface area contributed by atoms with E-state index in [4.69, 9.17) is 9.47 Å². The predicted octanol–water partition coefficient (Wildman–Crippen LogP) is 5.30. The van der Waals surface area contributed by atoms with Crippen LogP contribution in [-0.4, -0.2) is 38.3 Å². The SMILES string of the molecule is Br[C@@H]1CC23C[C@H](Br)[C@H](Br)CC2(C=CC2(C3)OCCO2)C[C@@H]1Br. The van der Waals surface area contributed by atoms with Gasteiger partial charge in [-0.15, -0.1) is 0 Å². The Balaban J connectivity index is 1.78. The maximum absolute atomic E-state index is 6.03. The molecule has 1 heterocycles. The summed E-state index contributed by atoms with van der Waals surface area (Å²) in [6, 6.07) is 0. The van der Waals surface area contributed by atoms with Crippen molar-refractivity contribution in [2.45, 2.75) is 57.2 Å². The molecule has 4 rings (SSSR count). The first kappa shape index (κ1) is 17.0. The van der Waals surface area contributed by atoms with E-state index in [9.17, 15) is 0 Å². The minimum Gasteiger partial charge on any atom is -0.344 e. The monoisotopic (exact) mass is 560 g/mol. The molecule has 0 aromatic heterocycles. The van der Waals surface area contributed by atoms with Gasteiger partial charge < -0.3 is 9.47 Å². The van der Waals surface area contributed by atoms with Gasteiger partial charge in [0.2, 0.25) is 0 Å². The van der Waals surface area contributed by atoms with Crippen LogP contribution in [0, 0.1) is 10.8 Å². The van der Waals surface area contributed by atoms with Crippen molar-refractivity contribution in [2.75, 3.05) is 13.2 Å². The third-order valence-electron chi connectivity index (χ3n) is 6.15. The number of halogens is 4. The first-order chi connectivity index (χ1) is 10.4. The lowest BCUT2D eigenvalue weighted by Crippen LogP contribution is -2.60. The first-order valence-electron chi connectivity index (χ1n) is 7.94. The van der Waals surface area contributed by atoms with E-state index in [0.29, 0.717) is 32.5 Å². The van der Waals surface area contributed by atoms with Gasteiger partial charge in [-0.2, -0.15) is 0 Å². The molecule has 3 fully saturated rings. The van der Waals surface area contributed by atoms with Gasteiger partial charge in [-0.3, -0.25) is 0 Å². The Labute approximate surface area is 165 Å². The average molecular weight is 564 g/mol. The van der Waals surface area contributed by atoms with Crippen molar-refractivity contribution in [2.24, 2.45) is 10.8 Å². The minimum absolute atomic E-state index is 0.239. The molecular weight excluding hydrogens is 544 g/mol. The summed E-state index contributed by atoms with van der Waals surface area (Å²) in [6.07, 6.45) is 10.4. The lowest BCUT2D eigenvalue weighted by Gasteiger charge is -2.63. The molecule has 0 aromatic rings. The van der Waals surface area contributed by atoms with Crippen molar-refractivity contribution in [1.82, 2.24) is 0 Å². The number of alkyl halides is 4. The van der Waals surface area contributed by atoms with Crippen LogP contribution in [0.25, 0.3) is 0 Å². The lowest BCUT2D eigenvalue weighted by molar-refractivity contribution is -0.181. The highest BCUT2D eigenvalue weighted by atomic mass is 79.9. The fourth-order valence-electron chi connectivity index (χ4n) is 5.08. The Hall–Kier alpha value is 1.58. The van der Waals surface area contributed by atoms with Crippen LogP contribution in [0.5, 0.6) is 0 Å². The first-order valence-corrected chi connectivity index (χ1v) is 11.6. The van der Waals surface area contributed by atoms with Gasteiger partial charge in [0, 0.05) is 25.7 Å². The molecule has 2 unspecified atom stereocenters. The highest BCUT2D eigenvalue weighted by Gasteiger charge is 2.64. The Morgan fingerprint density at radius 2 is 1.23 bits per heavy atom. The van der Waals surface area contributed by atoms with E-state index >= 15 is 0 Å². The quantitative estimate of drug-likeness (QED) is 0.294. The lowest BCUT2D eigenvalue weighted by atomic mass is 9.46. The molecule has 0 N–H and O–H groups in total. The maximum Gasteiger partial charge on any atom is 0.188 e. The average Bonchev–Trinajstić information content (AvgIpc) is 2.89. The number of ether oxygens (including phenoxy) is 2. The van der Waals surface area contributed by atoms with Gasteiger partial charge in [0.15, 0.2) is 5.79 Å². The second-order valence-corrected chi connectivity index (χ2v) is 12.0. The summed E-state index contributed by atoms with van der Waals surface area (Å²) in [5.74, 6) is -0.471. The molecule has 124 valence electrons. The summed E-state index contributed by atoms with van der Waals surface area (Å²) in [5, 5.41) is 0. The molecule has 1 spiro atoms. The molecule has 4 aliphatic rings. The molecule has 0 bridgehead atoms. The van der Waals surface area contributed by atoms with Gasteiger partial charge in [0.25, 0.3) is 0 Å². The van der Waals surface area contributed by atoms with Gasteiger partial charge in [0.05, 0.1) is 13.2 Å². The van der Waals surface area contributed by atoms with E-state index in [-0.39, 0.29) is 10.8 Å². The Kier molecular flexibility index (Phi) is 4.49. The highest BCUT2D eigenvalue weighted by Crippen LogP contribution is 2.68. The van der Waals surface area contributed by atoms with E-state index in [1.165, 1.54) is 25.7 Å². The van der Waals surface area contributed by atoms with Crippen LogP contribution >= 0.6 is 63.7 Å². The molecule has 2 nitrogen and oxygen atoms in total. The third-order valence-corrected chi connectivity index (χ3v) is 11.4. The number of allylic oxidation sites excluding steroid dienone is 1. The summed E-state index contributed by atoms with van der Waals surface area (Å²) in [7, 11) is 0. The smallest absolute Gasteiger partial charge is 0.188 e. The number of rotatable bonds is 0. The molecule has 0 radical (unpaired) electrons. The van der Waals surface area contributed by atoms with Crippen molar-refractivity contribution in [3.63, 3.8) is 0 Å². The molecular formula is C16H20Br4O2. The van der Waals surface area contributed by atoms with E-state index in [1.807, 2.05) is 0 Å². The van der Waals surface area contributed by atoms with Crippen molar-refractivity contribution in [1.29, 1.82) is 0 Å². The van der Waals surface area contributed by atoms with Gasteiger partial charge in [-0.25, -0.2) is 0 Å². The standard InChI is InChI=1S/C16H20Br4O2/c17-10-5-14-1-2-16(21-3-4-22-16)9-15(14,7-12(10)19)8-13(20)11(18)6-14/h1-2,10-13H,3-9H2/t10-,11+,12+,13-,14?,15?. The molecule has 3 aliphatic carbocycles. The molecule has 6 atom stereocenters. The van der Waals surface area contributed by atoms with Crippen LogP contribution in [0.15, 0.2) is 12.2 Å². The fraction of sp³-hybridized carbons (Fsp3) is 0.875. The topological polar surface area (TPSA) is 18.5 Å². The summed E-state index contributed by atoms with van der Waals surface area (Å²) in [5.41, 5.74) is 0.480. The number of hydrogen-bond donors (Lipinski definition) is 0. The zero-order valence-corrected chi connectivity index (χ0v) is 18.6. The molecule has 6 heteroatoms. The van der Waals surface area contributed by atoms with Gasteiger partial charge >= 0.3 is 0 Å². The number of hydrogen-bond acceptors (Lipinski definition) is 2. The van der Waals surface area contributed by atoms with Gasteiger partial charge in [0.1, 0.15) is 0 Å². The van der Waals surface area contributed by atoms with Crippen molar-refractivity contribution in [3.8, 4) is 0 Å². The van der Waals surface area contributed by atoms with Crippen LogP contribution in [0.4, 0.5) is 0 Å². The molecule has 2 saturated carbocycles. The van der Waals surface area contributed by atoms with Crippen LogP contribution in [0.3, 0.4) is 0 Å².